The molecule has 0 aliphatic carbocycles. The summed E-state index contributed by atoms with van der Waals surface area (Å²) in [7, 11) is 0. The molecule has 0 radical (unpaired) electrons. The first-order valence-electron chi connectivity index (χ1n) is 4.69. The van der Waals surface area contributed by atoms with Crippen molar-refractivity contribution in [3.05, 3.63) is 28.4 Å². The summed E-state index contributed by atoms with van der Waals surface area (Å²) in [6, 6.07) is 2.43. The van der Waals surface area contributed by atoms with E-state index >= 15 is 0 Å². The highest BCUT2D eigenvalue weighted by atomic mass is 16.6. The Morgan fingerprint density at radius 2 is 1.89 bits per heavy atom. The van der Waals surface area contributed by atoms with E-state index < -0.39 is 35.6 Å². The van der Waals surface area contributed by atoms with E-state index in [1.54, 1.807) is 0 Å². The van der Waals surface area contributed by atoms with Crippen molar-refractivity contribution < 1.29 is 24.7 Å². The van der Waals surface area contributed by atoms with Gasteiger partial charge >= 0.3 is 17.6 Å². The average Bonchev–Trinajstić information content (AvgIpc) is 2.26. The summed E-state index contributed by atoms with van der Waals surface area (Å²) in [4.78, 5) is 35.7. The van der Waals surface area contributed by atoms with Crippen molar-refractivity contribution in [2.75, 3.05) is 18.0 Å². The Hall–Kier alpha value is -2.71. The van der Waals surface area contributed by atoms with E-state index in [9.17, 15) is 19.7 Å². The van der Waals surface area contributed by atoms with E-state index in [-0.39, 0.29) is 5.82 Å². The molecule has 18 heavy (non-hydrogen) atoms. The van der Waals surface area contributed by atoms with Crippen LogP contribution in [0.2, 0.25) is 0 Å². The number of aliphatic carboxylic acids is 2. The summed E-state index contributed by atoms with van der Waals surface area (Å²) < 4.78 is 0. The van der Waals surface area contributed by atoms with Gasteiger partial charge in [0.05, 0.1) is 4.92 Å². The van der Waals surface area contributed by atoms with E-state index in [4.69, 9.17) is 10.2 Å². The number of anilines is 1. The van der Waals surface area contributed by atoms with Crippen molar-refractivity contribution in [3.63, 3.8) is 0 Å². The molecule has 0 fully saturated rings. The normalized spacial score (nSPS) is 9.78. The van der Waals surface area contributed by atoms with Crippen LogP contribution in [0.15, 0.2) is 18.3 Å². The number of nitro groups is 1. The van der Waals surface area contributed by atoms with Crippen LogP contribution >= 0.6 is 0 Å². The second-order valence-corrected chi connectivity index (χ2v) is 3.25. The molecule has 0 unspecified atom stereocenters. The first-order chi connectivity index (χ1) is 8.41. The Labute approximate surface area is 100 Å². The smallest absolute Gasteiger partial charge is 0.323 e. The van der Waals surface area contributed by atoms with Gasteiger partial charge in [-0.15, -0.1) is 0 Å². The third kappa shape index (κ3) is 3.40. The maximum atomic E-state index is 10.7. The summed E-state index contributed by atoms with van der Waals surface area (Å²) in [5, 5.41) is 28.1. The lowest BCUT2D eigenvalue weighted by Crippen LogP contribution is -2.35. The van der Waals surface area contributed by atoms with Gasteiger partial charge in [0.25, 0.3) is 0 Å². The van der Waals surface area contributed by atoms with Gasteiger partial charge in [-0.25, -0.2) is 4.98 Å². The van der Waals surface area contributed by atoms with Gasteiger partial charge in [-0.1, -0.05) is 0 Å². The van der Waals surface area contributed by atoms with Gasteiger partial charge in [-0.2, -0.15) is 0 Å². The molecule has 96 valence electrons. The van der Waals surface area contributed by atoms with Crippen LogP contribution in [0, 0.1) is 10.1 Å². The summed E-state index contributed by atoms with van der Waals surface area (Å²) in [6.07, 6.45) is 1.22. The zero-order valence-corrected chi connectivity index (χ0v) is 9.02. The molecule has 0 amide bonds. The van der Waals surface area contributed by atoms with Crippen molar-refractivity contribution in [1.29, 1.82) is 0 Å². The minimum atomic E-state index is -1.31. The molecule has 0 aliphatic heterocycles. The predicted octanol–water partition coefficient (Wildman–Crippen LogP) is -0.0346. The van der Waals surface area contributed by atoms with Gasteiger partial charge in [0, 0.05) is 12.3 Å². The molecular formula is C9H9N3O6. The molecule has 9 heteroatoms. The molecule has 1 rings (SSSR count). The SMILES string of the molecule is O=C(O)CN(CC(=O)O)c1ncccc1[N+](=O)[O-]. The fourth-order valence-electron chi connectivity index (χ4n) is 1.31. The van der Waals surface area contributed by atoms with Crippen molar-refractivity contribution >= 4 is 23.4 Å². The molecule has 9 nitrogen and oxygen atoms in total. The van der Waals surface area contributed by atoms with Crippen LogP contribution < -0.4 is 4.90 Å². The van der Waals surface area contributed by atoms with Crippen LogP contribution in [0.5, 0.6) is 0 Å². The molecule has 0 aliphatic rings. The number of nitrogens with zero attached hydrogens (tertiary/aromatic N) is 3. The third-order valence-electron chi connectivity index (χ3n) is 1.91. The standard InChI is InChI=1S/C9H9N3O6/c13-7(14)4-11(5-8(15)16)9-6(12(17)18)2-1-3-10-9/h1-3H,4-5H2,(H,13,14)(H,15,16). The molecule has 1 aromatic rings. The van der Waals surface area contributed by atoms with Gasteiger partial charge < -0.3 is 15.1 Å². The summed E-state index contributed by atoms with van der Waals surface area (Å²) in [5.41, 5.74) is -0.444. The van der Waals surface area contributed by atoms with E-state index in [0.29, 0.717) is 0 Å². The van der Waals surface area contributed by atoms with Crippen molar-refractivity contribution in [3.8, 4) is 0 Å². The first kappa shape index (κ1) is 13.4. The van der Waals surface area contributed by atoms with Gasteiger partial charge in [0.2, 0.25) is 5.82 Å². The molecule has 0 saturated heterocycles. The number of carboxylic acid groups (broad SMARTS) is 2. The Morgan fingerprint density at radius 1 is 1.33 bits per heavy atom. The van der Waals surface area contributed by atoms with Crippen LogP contribution in [0.3, 0.4) is 0 Å². The molecule has 1 heterocycles. The molecule has 0 bridgehead atoms. The minimum absolute atomic E-state index is 0.285. The number of aromatic nitrogens is 1. The Balaban J connectivity index is 3.15. The molecule has 0 aromatic carbocycles. The Morgan fingerprint density at radius 3 is 2.33 bits per heavy atom. The second kappa shape index (κ2) is 5.57. The van der Waals surface area contributed by atoms with Gasteiger partial charge in [0.15, 0.2) is 0 Å². The molecule has 2 N–H and O–H groups in total. The molecular weight excluding hydrogens is 246 g/mol. The zero-order chi connectivity index (χ0) is 13.7. The van der Waals surface area contributed by atoms with Crippen LogP contribution in [0.25, 0.3) is 0 Å². The molecule has 0 saturated carbocycles. The van der Waals surface area contributed by atoms with Crippen LogP contribution in [0.1, 0.15) is 0 Å². The maximum Gasteiger partial charge on any atom is 0.323 e. The van der Waals surface area contributed by atoms with Gasteiger partial charge in [-0.05, 0) is 6.07 Å². The molecule has 1 aromatic heterocycles. The highest BCUT2D eigenvalue weighted by Gasteiger charge is 2.23. The van der Waals surface area contributed by atoms with E-state index in [1.165, 1.54) is 12.3 Å². The predicted molar refractivity (Wildman–Crippen MR) is 58.4 cm³/mol. The minimum Gasteiger partial charge on any atom is -0.480 e. The third-order valence-corrected chi connectivity index (χ3v) is 1.91. The van der Waals surface area contributed by atoms with Crippen LogP contribution in [0.4, 0.5) is 11.5 Å². The monoisotopic (exact) mass is 255 g/mol. The van der Waals surface area contributed by atoms with Gasteiger partial charge in [-0.3, -0.25) is 19.7 Å². The zero-order valence-electron chi connectivity index (χ0n) is 9.02. The largest absolute Gasteiger partial charge is 0.480 e. The lowest BCUT2D eigenvalue weighted by molar-refractivity contribution is -0.384. The molecule has 0 atom stereocenters. The maximum absolute atomic E-state index is 10.7. The van der Waals surface area contributed by atoms with Crippen LogP contribution in [-0.4, -0.2) is 45.1 Å². The lowest BCUT2D eigenvalue weighted by Gasteiger charge is -2.18. The van der Waals surface area contributed by atoms with Crippen molar-refractivity contribution in [1.82, 2.24) is 4.98 Å². The van der Waals surface area contributed by atoms with E-state index in [2.05, 4.69) is 4.98 Å². The fraction of sp³-hybridized carbons (Fsp3) is 0.222. The Bertz CT molecular complexity index is 473. The van der Waals surface area contributed by atoms with E-state index in [1.807, 2.05) is 0 Å². The number of hydrogen-bond donors (Lipinski definition) is 2. The number of rotatable bonds is 6. The lowest BCUT2D eigenvalue weighted by atomic mass is 10.3. The summed E-state index contributed by atoms with van der Waals surface area (Å²) >= 11 is 0. The second-order valence-electron chi connectivity index (χ2n) is 3.25. The van der Waals surface area contributed by atoms with Crippen molar-refractivity contribution in [2.45, 2.75) is 0 Å². The Kier molecular flexibility index (Phi) is 4.13. The number of carbonyl (C=O) groups is 2. The fourth-order valence-corrected chi connectivity index (χ4v) is 1.31. The highest BCUT2D eigenvalue weighted by molar-refractivity contribution is 5.80. The first-order valence-corrected chi connectivity index (χ1v) is 4.69. The van der Waals surface area contributed by atoms with Crippen molar-refractivity contribution in [2.24, 2.45) is 0 Å². The highest BCUT2D eigenvalue weighted by Crippen LogP contribution is 2.24. The summed E-state index contributed by atoms with van der Waals surface area (Å²) in [6.45, 7) is -1.38. The number of carboxylic acids is 2. The quantitative estimate of drug-likeness (QED) is 0.534. The topological polar surface area (TPSA) is 134 Å². The summed E-state index contributed by atoms with van der Waals surface area (Å²) in [5.74, 6) is -2.90. The number of pyridine rings is 1. The number of hydrogen-bond acceptors (Lipinski definition) is 6. The average molecular weight is 255 g/mol. The van der Waals surface area contributed by atoms with Crippen LogP contribution in [-0.2, 0) is 9.59 Å². The molecule has 0 spiro atoms. The van der Waals surface area contributed by atoms with Gasteiger partial charge in [0.1, 0.15) is 13.1 Å². The van der Waals surface area contributed by atoms with E-state index in [0.717, 1.165) is 11.0 Å².